The molecule has 3 N–H and O–H groups in total. The number of nitrogens with two attached hydrogens (primary N) is 1. The number of nitrogens with zero attached hydrogens (tertiary/aromatic N) is 2. The number of rotatable bonds is 5. The van der Waals surface area contributed by atoms with Crippen LogP contribution in [0.1, 0.15) is 21.7 Å². The van der Waals surface area contributed by atoms with E-state index >= 15 is 0 Å². The first kappa shape index (κ1) is 15.1. The number of benzene rings is 1. The van der Waals surface area contributed by atoms with E-state index in [1.165, 1.54) is 0 Å². The van der Waals surface area contributed by atoms with Gasteiger partial charge in [0.15, 0.2) is 0 Å². The number of carbonyl (C=O) groups is 1. The normalized spacial score (nSPS) is 10.5. The summed E-state index contributed by atoms with van der Waals surface area (Å²) >= 11 is 0. The zero-order chi connectivity index (χ0) is 15.4. The Morgan fingerprint density at radius 3 is 2.81 bits per heavy atom. The molecule has 6 heteroatoms. The minimum Gasteiger partial charge on any atom is -0.492 e. The monoisotopic (exact) mass is 288 g/mol. The summed E-state index contributed by atoms with van der Waals surface area (Å²) in [5, 5.41) is 7.12. The molecule has 0 bridgehead atoms. The highest BCUT2D eigenvalue weighted by Crippen LogP contribution is 2.19. The Hall–Kier alpha value is -2.34. The van der Waals surface area contributed by atoms with Crippen LogP contribution >= 0.6 is 0 Å². The highest BCUT2D eigenvalue weighted by molar-refractivity contribution is 6.05. The van der Waals surface area contributed by atoms with Crippen LogP contribution in [0.15, 0.2) is 24.3 Å². The van der Waals surface area contributed by atoms with Gasteiger partial charge in [-0.1, -0.05) is 6.07 Å². The molecular formula is C15H20N4O2. The third-order valence-electron chi connectivity index (χ3n) is 3.21. The lowest BCUT2D eigenvalue weighted by Gasteiger charge is -2.09. The van der Waals surface area contributed by atoms with Crippen molar-refractivity contribution in [2.45, 2.75) is 13.8 Å². The minimum absolute atomic E-state index is 0.172. The van der Waals surface area contributed by atoms with Gasteiger partial charge in [0.2, 0.25) is 0 Å². The maximum absolute atomic E-state index is 12.4. The van der Waals surface area contributed by atoms with Crippen LogP contribution in [0.4, 0.5) is 5.69 Å². The lowest BCUT2D eigenvalue weighted by molar-refractivity contribution is 0.102. The summed E-state index contributed by atoms with van der Waals surface area (Å²) in [5.41, 5.74) is 8.23. The molecule has 6 nitrogen and oxygen atoms in total. The molecule has 0 saturated heterocycles. The van der Waals surface area contributed by atoms with Crippen molar-refractivity contribution in [3.63, 3.8) is 0 Å². The van der Waals surface area contributed by atoms with Gasteiger partial charge in [-0.2, -0.15) is 5.10 Å². The molecule has 0 fully saturated rings. The standard InChI is InChI=1S/C15H20N4O2/c1-10-14(11(2)19(3)18-10)15(20)17-12-5-4-6-13(9-12)21-8-7-16/h4-6,9H,7-8,16H2,1-3H3,(H,17,20). The van der Waals surface area contributed by atoms with Crippen molar-refractivity contribution < 1.29 is 9.53 Å². The second-order valence-corrected chi connectivity index (χ2v) is 4.79. The van der Waals surface area contributed by atoms with Crippen LogP contribution < -0.4 is 15.8 Å². The summed E-state index contributed by atoms with van der Waals surface area (Å²) in [5.74, 6) is 0.506. The number of aryl methyl sites for hydroxylation is 2. The first-order chi connectivity index (χ1) is 10.0. The second-order valence-electron chi connectivity index (χ2n) is 4.79. The maximum Gasteiger partial charge on any atom is 0.259 e. The Morgan fingerprint density at radius 2 is 2.19 bits per heavy atom. The van der Waals surface area contributed by atoms with Crippen molar-refractivity contribution in [1.29, 1.82) is 0 Å². The van der Waals surface area contributed by atoms with Gasteiger partial charge in [-0.3, -0.25) is 9.48 Å². The Labute approximate surface area is 123 Å². The summed E-state index contributed by atoms with van der Waals surface area (Å²) in [6.45, 7) is 4.58. The second kappa shape index (κ2) is 6.41. The number of carbonyl (C=O) groups excluding carboxylic acids is 1. The molecule has 0 aliphatic rings. The summed E-state index contributed by atoms with van der Waals surface area (Å²) in [6, 6.07) is 7.24. The fraction of sp³-hybridized carbons (Fsp3) is 0.333. The minimum atomic E-state index is -0.172. The third kappa shape index (κ3) is 3.41. The molecule has 0 aliphatic heterocycles. The summed E-state index contributed by atoms with van der Waals surface area (Å²) < 4.78 is 7.14. The van der Waals surface area contributed by atoms with Gasteiger partial charge in [0.1, 0.15) is 12.4 Å². The topological polar surface area (TPSA) is 82.2 Å². The van der Waals surface area contributed by atoms with Crippen LogP contribution in [-0.2, 0) is 7.05 Å². The molecule has 1 heterocycles. The zero-order valence-electron chi connectivity index (χ0n) is 12.5. The van der Waals surface area contributed by atoms with E-state index in [0.29, 0.717) is 35.8 Å². The van der Waals surface area contributed by atoms with Crippen LogP contribution in [-0.4, -0.2) is 28.8 Å². The fourth-order valence-corrected chi connectivity index (χ4v) is 2.14. The van der Waals surface area contributed by atoms with Gasteiger partial charge < -0.3 is 15.8 Å². The van der Waals surface area contributed by atoms with E-state index in [2.05, 4.69) is 10.4 Å². The SMILES string of the molecule is Cc1nn(C)c(C)c1C(=O)Nc1cccc(OCCN)c1. The first-order valence-electron chi connectivity index (χ1n) is 6.77. The largest absolute Gasteiger partial charge is 0.492 e. The van der Waals surface area contributed by atoms with Gasteiger partial charge in [-0.25, -0.2) is 0 Å². The van der Waals surface area contributed by atoms with Gasteiger partial charge >= 0.3 is 0 Å². The Morgan fingerprint density at radius 1 is 1.43 bits per heavy atom. The van der Waals surface area contributed by atoms with Crippen LogP contribution in [0, 0.1) is 13.8 Å². The third-order valence-corrected chi connectivity index (χ3v) is 3.21. The van der Waals surface area contributed by atoms with Crippen molar-refractivity contribution in [3.05, 3.63) is 41.2 Å². The van der Waals surface area contributed by atoms with Crippen molar-refractivity contribution in [2.24, 2.45) is 12.8 Å². The molecule has 2 rings (SSSR count). The van der Waals surface area contributed by atoms with Gasteiger partial charge in [-0.05, 0) is 26.0 Å². The number of amides is 1. The average molecular weight is 288 g/mol. The van der Waals surface area contributed by atoms with Gasteiger partial charge in [0.25, 0.3) is 5.91 Å². The molecule has 0 radical (unpaired) electrons. The lowest BCUT2D eigenvalue weighted by atomic mass is 10.2. The molecule has 0 unspecified atom stereocenters. The Balaban J connectivity index is 2.16. The molecule has 1 amide bonds. The summed E-state index contributed by atoms with van der Waals surface area (Å²) in [6.07, 6.45) is 0. The van der Waals surface area contributed by atoms with Gasteiger partial charge in [-0.15, -0.1) is 0 Å². The number of hydrogen-bond acceptors (Lipinski definition) is 4. The Kier molecular flexibility index (Phi) is 4.59. The molecule has 0 spiro atoms. The Bertz CT molecular complexity index is 649. The number of ether oxygens (including phenoxy) is 1. The molecule has 0 aliphatic carbocycles. The summed E-state index contributed by atoms with van der Waals surface area (Å²) in [7, 11) is 1.82. The quantitative estimate of drug-likeness (QED) is 0.876. The van der Waals surface area contributed by atoms with E-state index in [9.17, 15) is 4.79 Å². The van der Waals surface area contributed by atoms with E-state index in [1.807, 2.05) is 39.1 Å². The van der Waals surface area contributed by atoms with Crippen LogP contribution in [0.25, 0.3) is 0 Å². The van der Waals surface area contributed by atoms with E-state index in [4.69, 9.17) is 10.5 Å². The number of nitrogens with one attached hydrogen (secondary N) is 1. The van der Waals surface area contributed by atoms with Crippen molar-refractivity contribution >= 4 is 11.6 Å². The van der Waals surface area contributed by atoms with Crippen LogP contribution in [0.2, 0.25) is 0 Å². The fourth-order valence-electron chi connectivity index (χ4n) is 2.14. The summed E-state index contributed by atoms with van der Waals surface area (Å²) in [4.78, 5) is 12.4. The molecular weight excluding hydrogens is 268 g/mol. The molecule has 1 aromatic carbocycles. The van der Waals surface area contributed by atoms with Crippen LogP contribution in [0.5, 0.6) is 5.75 Å². The number of aromatic nitrogens is 2. The lowest BCUT2D eigenvalue weighted by Crippen LogP contribution is -2.14. The van der Waals surface area contributed by atoms with Gasteiger partial charge in [0.05, 0.1) is 11.3 Å². The molecule has 2 aromatic rings. The molecule has 0 atom stereocenters. The number of anilines is 1. The molecule has 21 heavy (non-hydrogen) atoms. The average Bonchev–Trinajstić information content (AvgIpc) is 2.70. The van der Waals surface area contributed by atoms with E-state index in [1.54, 1.807) is 10.7 Å². The number of hydrogen-bond donors (Lipinski definition) is 2. The zero-order valence-corrected chi connectivity index (χ0v) is 12.5. The van der Waals surface area contributed by atoms with Crippen molar-refractivity contribution in [1.82, 2.24) is 9.78 Å². The predicted octanol–water partition coefficient (Wildman–Crippen LogP) is 1.63. The van der Waals surface area contributed by atoms with Gasteiger partial charge in [0, 0.05) is 31.0 Å². The smallest absolute Gasteiger partial charge is 0.259 e. The molecule has 0 saturated carbocycles. The van der Waals surface area contributed by atoms with E-state index < -0.39 is 0 Å². The van der Waals surface area contributed by atoms with Crippen molar-refractivity contribution in [2.75, 3.05) is 18.5 Å². The van der Waals surface area contributed by atoms with Crippen molar-refractivity contribution in [3.8, 4) is 5.75 Å². The molecule has 1 aromatic heterocycles. The van der Waals surface area contributed by atoms with Crippen LogP contribution in [0.3, 0.4) is 0 Å². The first-order valence-corrected chi connectivity index (χ1v) is 6.77. The highest BCUT2D eigenvalue weighted by Gasteiger charge is 2.17. The highest BCUT2D eigenvalue weighted by atomic mass is 16.5. The predicted molar refractivity (Wildman–Crippen MR) is 81.6 cm³/mol. The van der Waals surface area contributed by atoms with E-state index in [0.717, 1.165) is 5.69 Å². The van der Waals surface area contributed by atoms with E-state index in [-0.39, 0.29) is 5.91 Å². The molecule has 112 valence electrons. The maximum atomic E-state index is 12.4.